The Morgan fingerprint density at radius 3 is 1.93 bits per heavy atom. The number of ether oxygens (including phenoxy) is 1. The van der Waals surface area contributed by atoms with Gasteiger partial charge in [-0.05, 0) is 92.7 Å². The first-order valence-electron chi connectivity index (χ1n) is 11.3. The highest BCUT2D eigenvalue weighted by Gasteiger charge is 2.25. The van der Waals surface area contributed by atoms with Crippen molar-refractivity contribution in [2.45, 2.75) is 90.1 Å². The lowest BCUT2D eigenvalue weighted by atomic mass is 9.77. The van der Waals surface area contributed by atoms with Gasteiger partial charge in [-0.3, -0.25) is 0 Å². The number of hydrogen-bond donors (Lipinski definition) is 0. The summed E-state index contributed by atoms with van der Waals surface area (Å²) in [6.45, 7) is 3.07. The number of rotatable bonds is 7. The van der Waals surface area contributed by atoms with Crippen molar-refractivity contribution in [1.29, 1.82) is 0 Å². The van der Waals surface area contributed by atoms with Gasteiger partial charge in [-0.15, -0.1) is 0 Å². The predicted octanol–water partition coefficient (Wildman–Crippen LogP) is 8.11. The van der Waals surface area contributed by atoms with Gasteiger partial charge in [0.25, 0.3) is 0 Å². The Hall–Kier alpha value is -1.38. The van der Waals surface area contributed by atoms with Gasteiger partial charge in [-0.2, -0.15) is 8.78 Å². The first kappa shape index (κ1) is 21.3. The van der Waals surface area contributed by atoms with Crippen LogP contribution in [0.2, 0.25) is 0 Å². The molecule has 0 bridgehead atoms. The lowest BCUT2D eigenvalue weighted by molar-refractivity contribution is -0.158. The van der Waals surface area contributed by atoms with Crippen molar-refractivity contribution in [3.8, 4) is 5.75 Å². The van der Waals surface area contributed by atoms with E-state index in [2.05, 4.69) is 23.8 Å². The number of hydrogen-bond acceptors (Lipinski definition) is 1. The molecule has 1 aromatic carbocycles. The second kappa shape index (κ2) is 9.89. The van der Waals surface area contributed by atoms with Crippen molar-refractivity contribution in [3.05, 3.63) is 42.0 Å². The van der Waals surface area contributed by atoms with E-state index in [4.69, 9.17) is 0 Å². The van der Waals surface area contributed by atoms with Crippen LogP contribution >= 0.6 is 0 Å². The highest BCUT2D eigenvalue weighted by molar-refractivity contribution is 5.30. The predicted molar refractivity (Wildman–Crippen MR) is 112 cm³/mol. The van der Waals surface area contributed by atoms with E-state index in [1.54, 1.807) is 12.1 Å². The van der Waals surface area contributed by atoms with Gasteiger partial charge < -0.3 is 4.74 Å². The summed E-state index contributed by atoms with van der Waals surface area (Å²) in [5.74, 6) is 3.28. The average Bonchev–Trinajstić information content (AvgIpc) is 2.68. The summed E-state index contributed by atoms with van der Waals surface area (Å²) in [4.78, 5) is 0. The topological polar surface area (TPSA) is 9.23 Å². The molecule has 3 heteroatoms. The molecular weight excluding hydrogens is 354 g/mol. The van der Waals surface area contributed by atoms with Crippen LogP contribution in [0.25, 0.3) is 0 Å². The molecule has 0 unspecified atom stereocenters. The highest BCUT2D eigenvalue weighted by atomic mass is 19.3. The van der Waals surface area contributed by atoms with E-state index < -0.39 is 6.11 Å². The molecule has 0 N–H and O–H groups in total. The molecule has 0 spiro atoms. The molecule has 0 aromatic heterocycles. The lowest BCUT2D eigenvalue weighted by Crippen LogP contribution is -2.19. The summed E-state index contributed by atoms with van der Waals surface area (Å²) >= 11 is 0. The van der Waals surface area contributed by atoms with Crippen LogP contribution in [-0.2, 0) is 0 Å². The number of halogens is 2. The average molecular weight is 391 g/mol. The van der Waals surface area contributed by atoms with Crippen molar-refractivity contribution in [2.75, 3.05) is 0 Å². The number of allylic oxidation sites excluding steroid dienone is 2. The van der Waals surface area contributed by atoms with E-state index in [0.29, 0.717) is 11.8 Å². The van der Waals surface area contributed by atoms with E-state index in [1.807, 2.05) is 12.1 Å². The molecule has 156 valence electrons. The molecule has 3 rings (SSSR count). The monoisotopic (exact) mass is 390 g/mol. The van der Waals surface area contributed by atoms with Gasteiger partial charge in [0.2, 0.25) is 0 Å². The third kappa shape index (κ3) is 6.60. The Balaban J connectivity index is 1.42. The molecule has 0 saturated heterocycles. The summed E-state index contributed by atoms with van der Waals surface area (Å²) in [7, 11) is 0. The quantitative estimate of drug-likeness (QED) is 0.427. The smallest absolute Gasteiger partial charge is 0.394 e. The highest BCUT2D eigenvalue weighted by Crippen LogP contribution is 2.38. The van der Waals surface area contributed by atoms with Gasteiger partial charge in [0.1, 0.15) is 5.75 Å². The molecular formula is C25H36F2O. The van der Waals surface area contributed by atoms with Gasteiger partial charge in [0.05, 0.1) is 0 Å². The van der Waals surface area contributed by atoms with E-state index in [1.165, 1.54) is 69.8 Å². The van der Waals surface area contributed by atoms with Crippen LogP contribution in [0.1, 0.15) is 89.5 Å². The normalized spacial score (nSPS) is 29.1. The van der Waals surface area contributed by atoms with Crippen molar-refractivity contribution in [2.24, 2.45) is 17.8 Å². The summed E-state index contributed by atoms with van der Waals surface area (Å²) in [6, 6.07) is 7.26. The summed E-state index contributed by atoms with van der Waals surface area (Å²) in [5, 5.41) is 0. The summed E-state index contributed by atoms with van der Waals surface area (Å²) in [5.41, 5.74) is 1.25. The molecule has 1 nitrogen and oxygen atoms in total. The van der Waals surface area contributed by atoms with Crippen LogP contribution in [-0.4, -0.2) is 6.11 Å². The fourth-order valence-electron chi connectivity index (χ4n) is 5.05. The van der Waals surface area contributed by atoms with Crippen LogP contribution in [0.5, 0.6) is 5.75 Å². The van der Waals surface area contributed by atoms with E-state index in [9.17, 15) is 8.78 Å². The molecule has 2 aliphatic rings. The van der Waals surface area contributed by atoms with Gasteiger partial charge in [-0.1, -0.05) is 44.1 Å². The SMILES string of the molecule is CCCC1CCC(/C=C/C2CCC(c3ccc(OC(C)(F)F)cc3)CC2)CC1. The molecule has 2 aliphatic carbocycles. The second-order valence-electron chi connectivity index (χ2n) is 9.05. The van der Waals surface area contributed by atoms with Crippen molar-refractivity contribution >= 4 is 0 Å². The zero-order chi connectivity index (χ0) is 20.0. The van der Waals surface area contributed by atoms with Gasteiger partial charge >= 0.3 is 6.11 Å². The molecule has 28 heavy (non-hydrogen) atoms. The Morgan fingerprint density at radius 1 is 0.893 bits per heavy atom. The van der Waals surface area contributed by atoms with Crippen molar-refractivity contribution in [3.63, 3.8) is 0 Å². The minimum atomic E-state index is -3.12. The van der Waals surface area contributed by atoms with Gasteiger partial charge in [-0.25, -0.2) is 0 Å². The maximum Gasteiger partial charge on any atom is 0.394 e. The molecule has 0 radical (unpaired) electrons. The van der Waals surface area contributed by atoms with Crippen LogP contribution < -0.4 is 4.74 Å². The maximum atomic E-state index is 12.9. The minimum Gasteiger partial charge on any atom is -0.433 e. The van der Waals surface area contributed by atoms with Crippen molar-refractivity contribution in [1.82, 2.24) is 0 Å². The molecule has 2 fully saturated rings. The first-order chi connectivity index (χ1) is 13.4. The first-order valence-corrected chi connectivity index (χ1v) is 11.3. The van der Waals surface area contributed by atoms with Crippen LogP contribution in [0.15, 0.2) is 36.4 Å². The molecule has 2 saturated carbocycles. The number of benzene rings is 1. The zero-order valence-electron chi connectivity index (χ0n) is 17.5. The Bertz CT molecular complexity index is 600. The standard InChI is InChI=1S/C25H36F2O/c1-3-4-19-5-7-20(8-6-19)9-10-21-11-13-22(14-12-21)23-15-17-24(18-16-23)28-25(2,26)27/h9-10,15-22H,3-8,11-14H2,1-2H3/b10-9+. The van der Waals surface area contributed by atoms with E-state index in [0.717, 1.165) is 18.8 Å². The van der Waals surface area contributed by atoms with Crippen LogP contribution in [0.3, 0.4) is 0 Å². The van der Waals surface area contributed by atoms with E-state index in [-0.39, 0.29) is 5.75 Å². The second-order valence-corrected chi connectivity index (χ2v) is 9.05. The Kier molecular flexibility index (Phi) is 7.54. The Labute approximate surface area is 169 Å². The molecule has 0 amide bonds. The third-order valence-corrected chi connectivity index (χ3v) is 6.66. The number of alkyl halides is 2. The zero-order valence-corrected chi connectivity index (χ0v) is 17.5. The van der Waals surface area contributed by atoms with E-state index >= 15 is 0 Å². The molecule has 0 atom stereocenters. The molecule has 0 heterocycles. The van der Waals surface area contributed by atoms with Gasteiger partial charge in [0, 0.05) is 6.92 Å². The van der Waals surface area contributed by atoms with Crippen LogP contribution in [0, 0.1) is 17.8 Å². The van der Waals surface area contributed by atoms with Crippen LogP contribution in [0.4, 0.5) is 8.78 Å². The summed E-state index contributed by atoms with van der Waals surface area (Å²) < 4.78 is 30.5. The minimum absolute atomic E-state index is 0.238. The largest absolute Gasteiger partial charge is 0.433 e. The molecule has 0 aliphatic heterocycles. The lowest BCUT2D eigenvalue weighted by Gasteiger charge is -2.29. The van der Waals surface area contributed by atoms with Gasteiger partial charge in [0.15, 0.2) is 0 Å². The third-order valence-electron chi connectivity index (χ3n) is 6.66. The fourth-order valence-corrected chi connectivity index (χ4v) is 5.05. The fraction of sp³-hybridized carbons (Fsp3) is 0.680. The molecule has 1 aromatic rings. The Morgan fingerprint density at radius 2 is 1.43 bits per heavy atom. The summed E-state index contributed by atoms with van der Waals surface area (Å²) in [6.07, 6.45) is 15.1. The maximum absolute atomic E-state index is 12.9. The van der Waals surface area contributed by atoms with Crippen molar-refractivity contribution < 1.29 is 13.5 Å².